The maximum absolute atomic E-state index is 2.48. The van der Waals surface area contributed by atoms with E-state index in [1.165, 1.54) is 98.4 Å². The topological polar surface area (TPSA) is 9.86 Å². The van der Waals surface area contributed by atoms with Gasteiger partial charge in [0.15, 0.2) is 0 Å². The molecular weight excluding hydrogens is 605 g/mol. The molecule has 0 amide bonds. The van der Waals surface area contributed by atoms with Crippen molar-refractivity contribution in [2.45, 2.75) is 12.8 Å². The lowest BCUT2D eigenvalue weighted by Gasteiger charge is -2.15. The quantitative estimate of drug-likeness (QED) is 0.171. The van der Waals surface area contributed by atoms with E-state index in [2.05, 4.69) is 179 Å². The number of nitrogens with zero attached hydrogens (tertiary/aromatic N) is 2. The molecule has 50 heavy (non-hydrogen) atoms. The van der Waals surface area contributed by atoms with Gasteiger partial charge in [0.25, 0.3) is 0 Å². The first-order valence-electron chi connectivity index (χ1n) is 17.6. The first-order chi connectivity index (χ1) is 24.8. The summed E-state index contributed by atoms with van der Waals surface area (Å²) in [5.41, 5.74) is 9.94. The van der Waals surface area contributed by atoms with Crippen LogP contribution in [0.4, 0.5) is 0 Å². The molecule has 1 aliphatic rings. The first kappa shape index (κ1) is 27.6. The van der Waals surface area contributed by atoms with Crippen LogP contribution >= 0.6 is 0 Å². The van der Waals surface area contributed by atoms with Crippen LogP contribution in [0, 0.1) is 0 Å². The summed E-state index contributed by atoms with van der Waals surface area (Å²) < 4.78 is 4.95. The molecule has 2 heterocycles. The Balaban J connectivity index is 1.16. The Bertz CT molecular complexity index is 3060. The van der Waals surface area contributed by atoms with Gasteiger partial charge in [0.05, 0.1) is 22.1 Å². The van der Waals surface area contributed by atoms with E-state index in [0.717, 1.165) is 12.8 Å². The van der Waals surface area contributed by atoms with Crippen molar-refractivity contribution in [3.8, 4) is 16.8 Å². The van der Waals surface area contributed by atoms with Crippen molar-refractivity contribution in [1.29, 1.82) is 0 Å². The highest BCUT2D eigenvalue weighted by Gasteiger charge is 2.18. The molecule has 0 N–H and O–H groups in total. The van der Waals surface area contributed by atoms with Crippen molar-refractivity contribution in [2.75, 3.05) is 0 Å². The van der Waals surface area contributed by atoms with Crippen molar-refractivity contribution >= 4 is 81.6 Å². The molecule has 0 spiro atoms. The van der Waals surface area contributed by atoms with Crippen molar-refractivity contribution < 1.29 is 0 Å². The molecular formula is C48H32N2. The van der Waals surface area contributed by atoms with Crippen LogP contribution in [0.15, 0.2) is 170 Å². The van der Waals surface area contributed by atoms with Crippen LogP contribution in [0.3, 0.4) is 0 Å². The Labute approximate surface area is 289 Å². The Morgan fingerprint density at radius 2 is 0.820 bits per heavy atom. The molecule has 0 fully saturated rings. The summed E-state index contributed by atoms with van der Waals surface area (Å²) in [6.45, 7) is 0. The minimum Gasteiger partial charge on any atom is -0.313 e. The van der Waals surface area contributed by atoms with E-state index in [1.54, 1.807) is 0 Å². The Kier molecular flexibility index (Phi) is 5.82. The molecule has 234 valence electrons. The molecule has 0 saturated carbocycles. The number of hydrogen-bond acceptors (Lipinski definition) is 0. The van der Waals surface area contributed by atoms with Crippen LogP contribution in [0.2, 0.25) is 0 Å². The lowest BCUT2D eigenvalue weighted by atomic mass is 9.94. The molecule has 2 nitrogen and oxygen atoms in total. The summed E-state index contributed by atoms with van der Waals surface area (Å²) >= 11 is 0. The van der Waals surface area contributed by atoms with Crippen LogP contribution in [-0.4, -0.2) is 9.13 Å². The van der Waals surface area contributed by atoms with E-state index >= 15 is 0 Å². The van der Waals surface area contributed by atoms with Crippen LogP contribution in [0.5, 0.6) is 0 Å². The molecule has 11 rings (SSSR count). The van der Waals surface area contributed by atoms with E-state index in [9.17, 15) is 0 Å². The molecule has 0 radical (unpaired) electrons. The SMILES string of the molecule is C1=CCCC(n2c3ccccc3c3ccc(-c4ccc5c6ccccc6n(-c6ccc7c8ccccc8c8ccccc8c7c6)c5c4)cc32)=C1. The molecule has 0 atom stereocenters. The molecule has 8 aromatic carbocycles. The molecule has 0 bridgehead atoms. The van der Waals surface area contributed by atoms with Crippen molar-refractivity contribution in [3.63, 3.8) is 0 Å². The molecule has 2 heteroatoms. The van der Waals surface area contributed by atoms with Gasteiger partial charge in [-0.2, -0.15) is 0 Å². The number of benzene rings is 8. The smallest absolute Gasteiger partial charge is 0.0547 e. The zero-order valence-corrected chi connectivity index (χ0v) is 27.5. The summed E-state index contributed by atoms with van der Waals surface area (Å²) in [5, 5.41) is 12.9. The normalized spacial score (nSPS) is 13.5. The minimum absolute atomic E-state index is 1.04. The maximum Gasteiger partial charge on any atom is 0.0547 e. The molecule has 0 unspecified atom stereocenters. The highest BCUT2D eigenvalue weighted by atomic mass is 15.0. The zero-order valence-electron chi connectivity index (χ0n) is 27.5. The van der Waals surface area contributed by atoms with Crippen LogP contribution in [0.1, 0.15) is 12.8 Å². The Morgan fingerprint density at radius 1 is 0.360 bits per heavy atom. The summed E-state index contributed by atoms with van der Waals surface area (Å²) in [4.78, 5) is 0. The third-order valence-corrected chi connectivity index (χ3v) is 10.9. The fraction of sp³-hybridized carbons (Fsp3) is 0.0417. The largest absolute Gasteiger partial charge is 0.313 e. The van der Waals surface area contributed by atoms with Gasteiger partial charge in [-0.3, -0.25) is 0 Å². The molecule has 10 aromatic rings. The second-order valence-corrected chi connectivity index (χ2v) is 13.6. The standard InChI is InChI=1S/C48H32N2/c1-2-12-33(13-3-1)49-45-20-10-8-18-40(45)42-25-22-31(28-47(42)49)32-23-26-43-41-19-9-11-21-46(41)50(48(43)29-32)34-24-27-39-37-16-5-4-14-35(37)36-15-6-7-17-38(36)44(39)30-34/h1-2,4-12,14-30H,3,13H2. The van der Waals surface area contributed by atoms with Gasteiger partial charge in [-0.25, -0.2) is 0 Å². The summed E-state index contributed by atoms with van der Waals surface area (Å²) in [7, 11) is 0. The highest BCUT2D eigenvalue weighted by Crippen LogP contribution is 2.41. The van der Waals surface area contributed by atoms with Gasteiger partial charge < -0.3 is 9.13 Å². The van der Waals surface area contributed by atoms with Gasteiger partial charge in [-0.15, -0.1) is 0 Å². The Hall–Kier alpha value is -6.38. The minimum atomic E-state index is 1.04. The second-order valence-electron chi connectivity index (χ2n) is 13.6. The molecule has 2 aromatic heterocycles. The number of allylic oxidation sites excluding steroid dienone is 4. The van der Waals surface area contributed by atoms with Gasteiger partial charge in [-0.05, 0) is 98.8 Å². The number of fused-ring (bicyclic) bond motifs is 12. The fourth-order valence-corrected chi connectivity index (χ4v) is 8.70. The van der Waals surface area contributed by atoms with Crippen molar-refractivity contribution in [3.05, 3.63) is 170 Å². The van der Waals surface area contributed by atoms with Crippen LogP contribution < -0.4 is 0 Å². The molecule has 1 aliphatic carbocycles. The summed E-state index contributed by atoms with van der Waals surface area (Å²) in [6, 6.07) is 56.4. The average molecular weight is 637 g/mol. The van der Waals surface area contributed by atoms with Crippen LogP contribution in [0.25, 0.3) is 98.4 Å². The van der Waals surface area contributed by atoms with Crippen LogP contribution in [-0.2, 0) is 0 Å². The zero-order chi connectivity index (χ0) is 32.8. The lowest BCUT2D eigenvalue weighted by Crippen LogP contribution is -1.98. The molecule has 0 aliphatic heterocycles. The lowest BCUT2D eigenvalue weighted by molar-refractivity contribution is 0.979. The summed E-state index contributed by atoms with van der Waals surface area (Å²) in [5.74, 6) is 0. The third kappa shape index (κ3) is 3.90. The predicted octanol–water partition coefficient (Wildman–Crippen LogP) is 13.2. The van der Waals surface area contributed by atoms with Crippen molar-refractivity contribution in [1.82, 2.24) is 9.13 Å². The van der Waals surface area contributed by atoms with Gasteiger partial charge in [0.2, 0.25) is 0 Å². The first-order valence-corrected chi connectivity index (χ1v) is 17.6. The second kappa shape index (κ2) is 10.6. The van der Waals surface area contributed by atoms with E-state index in [0.29, 0.717) is 0 Å². The van der Waals surface area contributed by atoms with E-state index in [1.807, 2.05) is 0 Å². The highest BCUT2D eigenvalue weighted by molar-refractivity contribution is 6.25. The summed E-state index contributed by atoms with van der Waals surface area (Å²) in [6.07, 6.45) is 8.85. The number of para-hydroxylation sites is 2. The fourth-order valence-electron chi connectivity index (χ4n) is 8.70. The van der Waals surface area contributed by atoms with E-state index < -0.39 is 0 Å². The van der Waals surface area contributed by atoms with Gasteiger partial charge in [-0.1, -0.05) is 127 Å². The number of aromatic nitrogens is 2. The number of rotatable bonds is 3. The third-order valence-electron chi connectivity index (χ3n) is 10.9. The number of hydrogen-bond donors (Lipinski definition) is 0. The molecule has 0 saturated heterocycles. The van der Waals surface area contributed by atoms with E-state index in [-0.39, 0.29) is 0 Å². The van der Waals surface area contributed by atoms with Gasteiger partial charge >= 0.3 is 0 Å². The van der Waals surface area contributed by atoms with Gasteiger partial charge in [0.1, 0.15) is 0 Å². The van der Waals surface area contributed by atoms with Gasteiger partial charge in [0, 0.05) is 32.9 Å². The monoisotopic (exact) mass is 636 g/mol. The predicted molar refractivity (Wildman–Crippen MR) is 214 cm³/mol. The van der Waals surface area contributed by atoms with E-state index in [4.69, 9.17) is 0 Å². The average Bonchev–Trinajstić information content (AvgIpc) is 3.70. The maximum atomic E-state index is 2.48. The van der Waals surface area contributed by atoms with Crippen molar-refractivity contribution in [2.24, 2.45) is 0 Å². The Morgan fingerprint density at radius 3 is 1.40 bits per heavy atom.